The molecule has 0 spiro atoms. The molecule has 1 heterocycles. The fourth-order valence-electron chi connectivity index (χ4n) is 3.13. The van der Waals surface area contributed by atoms with Gasteiger partial charge in [0.1, 0.15) is 5.00 Å². The molecular weight excluding hydrogens is 364 g/mol. The largest absolute Gasteiger partial charge is 0.550 e. The second-order valence-corrected chi connectivity index (χ2v) is 7.76. The van der Waals surface area contributed by atoms with Crippen LogP contribution >= 0.6 is 11.3 Å². The molecule has 6 nitrogen and oxygen atoms in total. The first-order chi connectivity index (χ1) is 12.9. The maximum atomic E-state index is 12.9. The van der Waals surface area contributed by atoms with Crippen LogP contribution in [0.1, 0.15) is 52.0 Å². The van der Waals surface area contributed by atoms with Gasteiger partial charge >= 0.3 is 0 Å². The van der Waals surface area contributed by atoms with Crippen LogP contribution in [0.4, 0.5) is 10.7 Å². The molecule has 1 aliphatic carbocycles. The lowest BCUT2D eigenvalue weighted by atomic mass is 9.95. The molecule has 2 amide bonds. The molecule has 1 aromatic carbocycles. The van der Waals surface area contributed by atoms with Crippen LogP contribution in [0, 0.1) is 6.92 Å². The molecule has 0 atom stereocenters. The second-order valence-electron chi connectivity index (χ2n) is 6.66. The number of fused-ring (bicyclic) bond motifs is 1. The van der Waals surface area contributed by atoms with E-state index in [0.717, 1.165) is 41.7 Å². The smallest absolute Gasteiger partial charge is 0.258 e. The van der Waals surface area contributed by atoms with Gasteiger partial charge in [0.25, 0.3) is 5.91 Å². The van der Waals surface area contributed by atoms with Gasteiger partial charge in [-0.2, -0.15) is 0 Å². The number of rotatable bonds is 6. The number of thiophene rings is 1. The lowest BCUT2D eigenvalue weighted by molar-refractivity contribution is -0.305. The molecule has 0 unspecified atom stereocenters. The van der Waals surface area contributed by atoms with Gasteiger partial charge in [-0.25, -0.2) is 0 Å². The van der Waals surface area contributed by atoms with Gasteiger partial charge in [-0.1, -0.05) is 17.7 Å². The zero-order chi connectivity index (χ0) is 19.4. The summed E-state index contributed by atoms with van der Waals surface area (Å²) in [7, 11) is 0. The molecule has 0 saturated carbocycles. The van der Waals surface area contributed by atoms with Crippen LogP contribution in [0.25, 0.3) is 0 Å². The van der Waals surface area contributed by atoms with E-state index in [1.54, 1.807) is 0 Å². The third-order valence-electron chi connectivity index (χ3n) is 4.52. The Balaban J connectivity index is 1.84. The molecule has 2 N–H and O–H groups in total. The van der Waals surface area contributed by atoms with Crippen molar-refractivity contribution >= 4 is 39.8 Å². The summed E-state index contributed by atoms with van der Waals surface area (Å²) in [6.07, 6.45) is 3.24. The molecule has 27 heavy (non-hydrogen) atoms. The number of amides is 2. The SMILES string of the molecule is Cc1ccc(NC(=O)c2c(NC(=O)CCC(=O)[O-])sc3c2CCCC3)cc1. The van der Waals surface area contributed by atoms with Crippen molar-refractivity contribution < 1.29 is 19.5 Å². The third-order valence-corrected chi connectivity index (χ3v) is 5.72. The molecule has 3 rings (SSSR count). The Morgan fingerprint density at radius 3 is 2.44 bits per heavy atom. The third kappa shape index (κ3) is 4.74. The van der Waals surface area contributed by atoms with Crippen molar-refractivity contribution in [1.29, 1.82) is 0 Å². The summed E-state index contributed by atoms with van der Waals surface area (Å²) in [5, 5.41) is 16.7. The number of nitrogens with one attached hydrogen (secondary N) is 2. The van der Waals surface area contributed by atoms with Gasteiger partial charge in [-0.15, -0.1) is 11.3 Å². The fraction of sp³-hybridized carbons (Fsp3) is 0.350. The van der Waals surface area contributed by atoms with E-state index in [4.69, 9.17) is 0 Å². The molecule has 142 valence electrons. The van der Waals surface area contributed by atoms with Crippen LogP contribution in [0.15, 0.2) is 24.3 Å². The molecule has 0 aliphatic heterocycles. The molecule has 0 fully saturated rings. The average molecular weight is 385 g/mol. The van der Waals surface area contributed by atoms with Gasteiger partial charge in [0.2, 0.25) is 5.91 Å². The first kappa shape index (κ1) is 19.1. The number of carboxylic acids is 1. The van der Waals surface area contributed by atoms with Crippen LogP contribution in [0.2, 0.25) is 0 Å². The Hall–Kier alpha value is -2.67. The first-order valence-corrected chi connectivity index (χ1v) is 9.78. The van der Waals surface area contributed by atoms with Gasteiger partial charge in [-0.05, 0) is 56.7 Å². The van der Waals surface area contributed by atoms with Gasteiger partial charge in [0, 0.05) is 23.0 Å². The van der Waals surface area contributed by atoms with E-state index in [1.807, 2.05) is 31.2 Å². The number of aliphatic carboxylic acids is 1. The Morgan fingerprint density at radius 2 is 1.74 bits per heavy atom. The minimum Gasteiger partial charge on any atom is -0.550 e. The van der Waals surface area contributed by atoms with E-state index in [0.29, 0.717) is 16.3 Å². The zero-order valence-corrected chi connectivity index (χ0v) is 15.9. The monoisotopic (exact) mass is 385 g/mol. The van der Waals surface area contributed by atoms with E-state index in [1.165, 1.54) is 11.3 Å². The van der Waals surface area contributed by atoms with Gasteiger partial charge < -0.3 is 20.5 Å². The fourth-order valence-corrected chi connectivity index (χ4v) is 4.43. The van der Waals surface area contributed by atoms with Crippen LogP contribution < -0.4 is 15.7 Å². The average Bonchev–Trinajstić information content (AvgIpc) is 2.99. The molecule has 1 aliphatic rings. The zero-order valence-electron chi connectivity index (χ0n) is 15.1. The van der Waals surface area contributed by atoms with Crippen LogP contribution in [-0.2, 0) is 22.4 Å². The Kier molecular flexibility index (Phi) is 5.91. The summed E-state index contributed by atoms with van der Waals surface area (Å²) in [5.74, 6) is -1.96. The van der Waals surface area contributed by atoms with Crippen LogP contribution in [0.3, 0.4) is 0 Å². The van der Waals surface area contributed by atoms with Crippen molar-refractivity contribution in [3.63, 3.8) is 0 Å². The number of aryl methyl sites for hydroxylation is 2. The maximum absolute atomic E-state index is 12.9. The van der Waals surface area contributed by atoms with E-state index >= 15 is 0 Å². The number of anilines is 2. The summed E-state index contributed by atoms with van der Waals surface area (Å²) in [6, 6.07) is 7.51. The van der Waals surface area contributed by atoms with Gasteiger partial charge in [0.15, 0.2) is 0 Å². The summed E-state index contributed by atoms with van der Waals surface area (Å²) in [6.45, 7) is 1.97. The predicted octanol–water partition coefficient (Wildman–Crippen LogP) is 2.66. The predicted molar refractivity (Wildman–Crippen MR) is 103 cm³/mol. The molecule has 1 aromatic heterocycles. The van der Waals surface area contributed by atoms with Crippen molar-refractivity contribution in [2.75, 3.05) is 10.6 Å². The number of hydrogen-bond donors (Lipinski definition) is 2. The van der Waals surface area contributed by atoms with E-state index < -0.39 is 11.9 Å². The number of hydrogen-bond acceptors (Lipinski definition) is 5. The minimum absolute atomic E-state index is 0.177. The normalized spacial score (nSPS) is 12.9. The number of carbonyl (C=O) groups is 3. The van der Waals surface area contributed by atoms with Gasteiger partial charge in [0.05, 0.1) is 5.56 Å². The topological polar surface area (TPSA) is 98.3 Å². The highest BCUT2D eigenvalue weighted by atomic mass is 32.1. The lowest BCUT2D eigenvalue weighted by Crippen LogP contribution is -2.24. The van der Waals surface area contributed by atoms with Crippen molar-refractivity contribution in [2.24, 2.45) is 0 Å². The van der Waals surface area contributed by atoms with Crippen molar-refractivity contribution in [2.45, 2.75) is 45.4 Å². The van der Waals surface area contributed by atoms with Gasteiger partial charge in [-0.3, -0.25) is 9.59 Å². The minimum atomic E-state index is -1.27. The molecule has 0 bridgehead atoms. The van der Waals surface area contributed by atoms with Crippen LogP contribution in [-0.4, -0.2) is 17.8 Å². The molecule has 7 heteroatoms. The highest BCUT2D eigenvalue weighted by molar-refractivity contribution is 7.17. The number of benzene rings is 1. The van der Waals surface area contributed by atoms with E-state index in [9.17, 15) is 19.5 Å². The van der Waals surface area contributed by atoms with E-state index in [2.05, 4.69) is 10.6 Å². The van der Waals surface area contributed by atoms with Crippen molar-refractivity contribution in [1.82, 2.24) is 0 Å². The quantitative estimate of drug-likeness (QED) is 0.799. The number of carboxylic acid groups (broad SMARTS) is 1. The number of carbonyl (C=O) groups excluding carboxylic acids is 3. The first-order valence-electron chi connectivity index (χ1n) is 8.96. The van der Waals surface area contributed by atoms with Crippen molar-refractivity contribution in [3.05, 3.63) is 45.8 Å². The molecule has 0 radical (unpaired) electrons. The lowest BCUT2D eigenvalue weighted by Gasteiger charge is -2.13. The molecular formula is C20H21N2O4S-. The highest BCUT2D eigenvalue weighted by Crippen LogP contribution is 2.38. The Bertz CT molecular complexity index is 871. The summed E-state index contributed by atoms with van der Waals surface area (Å²) < 4.78 is 0. The molecule has 0 saturated heterocycles. The molecule has 2 aromatic rings. The summed E-state index contributed by atoms with van der Waals surface area (Å²) >= 11 is 1.41. The van der Waals surface area contributed by atoms with E-state index in [-0.39, 0.29) is 18.7 Å². The summed E-state index contributed by atoms with van der Waals surface area (Å²) in [4.78, 5) is 36.7. The highest BCUT2D eigenvalue weighted by Gasteiger charge is 2.26. The summed E-state index contributed by atoms with van der Waals surface area (Å²) in [5.41, 5.74) is 3.28. The maximum Gasteiger partial charge on any atom is 0.258 e. The Labute approximate surface area is 161 Å². The second kappa shape index (κ2) is 8.35. The standard InChI is InChI=1S/C20H22N2O4S/c1-12-6-8-13(9-7-12)21-19(26)18-14-4-2-3-5-15(14)27-20(18)22-16(23)10-11-17(24)25/h6-9H,2-5,10-11H2,1H3,(H,21,26)(H,22,23)(H,24,25)/p-1. The Morgan fingerprint density at radius 1 is 1.04 bits per heavy atom. The van der Waals surface area contributed by atoms with Crippen LogP contribution in [0.5, 0.6) is 0 Å². The van der Waals surface area contributed by atoms with Crippen molar-refractivity contribution in [3.8, 4) is 0 Å².